The fourth-order valence-electron chi connectivity index (χ4n) is 3.39. The highest BCUT2D eigenvalue weighted by Crippen LogP contribution is 2.79. The van der Waals surface area contributed by atoms with Crippen LogP contribution in [0.5, 0.6) is 0 Å². The number of carbonyl (C=O) groups is 1. The molecule has 0 aromatic heterocycles. The molecule has 0 N–H and O–H groups in total. The normalized spacial score (nSPS) is 39.4. The van der Waals surface area contributed by atoms with E-state index < -0.39 is 0 Å². The van der Waals surface area contributed by atoms with Crippen LogP contribution >= 0.6 is 11.8 Å². The third kappa shape index (κ3) is 0.535. The molecule has 0 amide bonds. The average molecular weight is 184 g/mol. The van der Waals surface area contributed by atoms with Gasteiger partial charge in [-0.15, -0.1) is 11.8 Å². The molecule has 1 unspecified atom stereocenters. The maximum Gasteiger partial charge on any atom is 0.146 e. The molecule has 1 atom stereocenters. The molecule has 2 heteroatoms. The first kappa shape index (κ1) is 8.61. The number of hydrogen-bond donors (Lipinski definition) is 0. The lowest BCUT2D eigenvalue weighted by atomic mass is 9.46. The minimum absolute atomic E-state index is 0.0828. The van der Waals surface area contributed by atoms with Crippen molar-refractivity contribution in [2.24, 2.45) is 10.8 Å². The zero-order valence-corrected chi connectivity index (χ0v) is 9.21. The van der Waals surface area contributed by atoms with Gasteiger partial charge in [-0.05, 0) is 0 Å². The largest absolute Gasteiger partial charge is 0.298 e. The summed E-state index contributed by atoms with van der Waals surface area (Å²) in [6.07, 6.45) is 0. The summed E-state index contributed by atoms with van der Waals surface area (Å²) >= 11 is 1.98. The zero-order chi connectivity index (χ0) is 9.36. The Hall–Kier alpha value is 0.0200. The summed E-state index contributed by atoms with van der Waals surface area (Å²) in [4.78, 5) is 11.8. The van der Waals surface area contributed by atoms with Gasteiger partial charge in [0.15, 0.2) is 0 Å². The van der Waals surface area contributed by atoms with E-state index in [1.807, 2.05) is 11.8 Å². The van der Waals surface area contributed by atoms with Crippen molar-refractivity contribution < 1.29 is 4.79 Å². The van der Waals surface area contributed by atoms with Gasteiger partial charge in [0.1, 0.15) is 5.78 Å². The van der Waals surface area contributed by atoms with Gasteiger partial charge in [0.25, 0.3) is 0 Å². The second-order valence-electron chi connectivity index (χ2n) is 5.07. The van der Waals surface area contributed by atoms with Crippen molar-refractivity contribution in [2.75, 3.05) is 0 Å². The van der Waals surface area contributed by atoms with Crippen molar-refractivity contribution in [3.8, 4) is 0 Å². The highest BCUT2D eigenvalue weighted by Gasteiger charge is 2.82. The van der Waals surface area contributed by atoms with Gasteiger partial charge in [0.05, 0.1) is 4.75 Å². The van der Waals surface area contributed by atoms with Gasteiger partial charge in [-0.1, -0.05) is 34.6 Å². The Morgan fingerprint density at radius 1 is 1.17 bits per heavy atom. The molecule has 1 nitrogen and oxygen atoms in total. The third-order valence-electron chi connectivity index (χ3n) is 3.87. The molecule has 0 aromatic rings. The third-order valence-corrected chi connectivity index (χ3v) is 6.07. The van der Waals surface area contributed by atoms with Crippen LogP contribution in [-0.4, -0.2) is 15.8 Å². The Balaban J connectivity index is 2.42. The van der Waals surface area contributed by atoms with Gasteiger partial charge in [-0.25, -0.2) is 0 Å². The van der Waals surface area contributed by atoms with E-state index in [1.165, 1.54) is 0 Å². The lowest BCUT2D eigenvalue weighted by Crippen LogP contribution is -2.67. The topological polar surface area (TPSA) is 17.1 Å². The van der Waals surface area contributed by atoms with Crippen LogP contribution in [0.15, 0.2) is 0 Å². The van der Waals surface area contributed by atoms with Crippen LogP contribution in [0, 0.1) is 10.8 Å². The number of ketones is 1. The van der Waals surface area contributed by atoms with Crippen LogP contribution in [0.2, 0.25) is 0 Å². The van der Waals surface area contributed by atoms with Crippen LogP contribution in [-0.2, 0) is 4.79 Å². The average Bonchev–Trinajstić information content (AvgIpc) is 2.62. The molecule has 2 rings (SSSR count). The highest BCUT2D eigenvalue weighted by atomic mass is 32.2. The van der Waals surface area contributed by atoms with Gasteiger partial charge in [0, 0.05) is 16.1 Å². The number of hydrogen-bond acceptors (Lipinski definition) is 2. The van der Waals surface area contributed by atoms with E-state index in [9.17, 15) is 4.79 Å². The molecule has 2 aliphatic rings. The number of thioether (sulfide) groups is 1. The van der Waals surface area contributed by atoms with Gasteiger partial charge >= 0.3 is 0 Å². The Morgan fingerprint density at radius 3 is 1.67 bits per heavy atom. The molecular weight excluding hydrogens is 168 g/mol. The molecule has 1 heterocycles. The molecule has 68 valence electrons. The van der Waals surface area contributed by atoms with E-state index >= 15 is 0 Å². The Labute approximate surface area is 78.3 Å². The smallest absolute Gasteiger partial charge is 0.146 e. The predicted molar refractivity (Wildman–Crippen MR) is 52.4 cm³/mol. The zero-order valence-electron chi connectivity index (χ0n) is 8.39. The Kier molecular flexibility index (Phi) is 1.27. The first-order valence-electron chi connectivity index (χ1n) is 4.51. The maximum absolute atomic E-state index is 11.8. The van der Waals surface area contributed by atoms with Crippen molar-refractivity contribution in [2.45, 2.75) is 44.6 Å². The lowest BCUT2D eigenvalue weighted by molar-refractivity contribution is -0.156. The second-order valence-corrected chi connectivity index (χ2v) is 6.66. The predicted octanol–water partition coefficient (Wildman–Crippen LogP) is 2.50. The number of Topliss-reactive ketones (excluding diaryl/α,β-unsaturated/α-hetero) is 1. The molecule has 12 heavy (non-hydrogen) atoms. The molecule has 0 aromatic carbocycles. The number of carbonyl (C=O) groups excluding carboxylic acids is 1. The Morgan fingerprint density at radius 2 is 1.50 bits per heavy atom. The highest BCUT2D eigenvalue weighted by molar-refractivity contribution is 8.09. The molecule has 0 radical (unpaired) electrons. The summed E-state index contributed by atoms with van der Waals surface area (Å²) < 4.78 is 0.261. The fraction of sp³-hybridized carbons (Fsp3) is 0.900. The van der Waals surface area contributed by atoms with Crippen LogP contribution in [0.3, 0.4) is 0 Å². The van der Waals surface area contributed by atoms with Gasteiger partial charge < -0.3 is 0 Å². The fourth-order valence-corrected chi connectivity index (χ4v) is 5.25. The van der Waals surface area contributed by atoms with E-state index in [2.05, 4.69) is 34.6 Å². The van der Waals surface area contributed by atoms with Crippen molar-refractivity contribution in [1.82, 2.24) is 0 Å². The monoisotopic (exact) mass is 184 g/mol. The summed E-state index contributed by atoms with van der Waals surface area (Å²) in [5.41, 5.74) is -0.166. The van der Waals surface area contributed by atoms with Crippen molar-refractivity contribution in [3.63, 3.8) is 0 Å². The first-order valence-corrected chi connectivity index (χ1v) is 5.39. The van der Waals surface area contributed by atoms with Crippen molar-refractivity contribution in [3.05, 3.63) is 0 Å². The Bertz CT molecular complexity index is 247. The van der Waals surface area contributed by atoms with E-state index in [0.717, 1.165) is 0 Å². The minimum Gasteiger partial charge on any atom is -0.298 e. The van der Waals surface area contributed by atoms with Crippen LogP contribution < -0.4 is 0 Å². The molecule has 1 aliphatic carbocycles. The summed E-state index contributed by atoms with van der Waals surface area (Å²) in [5, 5.41) is 0.667. The minimum atomic E-state index is -0.0828. The molecule has 1 saturated carbocycles. The summed E-state index contributed by atoms with van der Waals surface area (Å²) in [7, 11) is 0. The number of rotatable bonds is 0. The molecular formula is C10H16OS. The molecule has 0 bridgehead atoms. The second kappa shape index (κ2) is 1.77. The quantitative estimate of drug-likeness (QED) is 0.538. The van der Waals surface area contributed by atoms with Gasteiger partial charge in [0.2, 0.25) is 0 Å². The first-order chi connectivity index (χ1) is 5.28. The van der Waals surface area contributed by atoms with Crippen LogP contribution in [0.1, 0.15) is 34.6 Å². The van der Waals surface area contributed by atoms with Crippen molar-refractivity contribution >= 4 is 17.5 Å². The van der Waals surface area contributed by atoms with E-state index in [1.54, 1.807) is 0 Å². The molecule has 1 saturated heterocycles. The molecule has 1 aliphatic heterocycles. The van der Waals surface area contributed by atoms with E-state index in [4.69, 9.17) is 0 Å². The van der Waals surface area contributed by atoms with Gasteiger partial charge in [-0.3, -0.25) is 4.79 Å². The summed E-state index contributed by atoms with van der Waals surface area (Å²) in [5.74, 6) is 0.437. The SMILES string of the molecule is CC1SC12C(C)(C)C(=O)C2(C)C. The molecule has 2 fully saturated rings. The summed E-state index contributed by atoms with van der Waals surface area (Å²) in [6, 6.07) is 0. The molecule has 1 spiro atoms. The van der Waals surface area contributed by atoms with E-state index in [-0.39, 0.29) is 15.6 Å². The van der Waals surface area contributed by atoms with Crippen LogP contribution in [0.25, 0.3) is 0 Å². The summed E-state index contributed by atoms with van der Waals surface area (Å²) in [6.45, 7) is 10.6. The standard InChI is InChI=1S/C10H16OS/c1-6-10(12-6)8(2,3)7(11)9(10,4)5/h6H,1-5H3. The van der Waals surface area contributed by atoms with Crippen LogP contribution in [0.4, 0.5) is 0 Å². The van der Waals surface area contributed by atoms with Crippen molar-refractivity contribution in [1.29, 1.82) is 0 Å². The van der Waals surface area contributed by atoms with E-state index in [0.29, 0.717) is 11.0 Å². The lowest BCUT2D eigenvalue weighted by Gasteiger charge is -2.56. The van der Waals surface area contributed by atoms with Gasteiger partial charge in [-0.2, -0.15) is 0 Å². The maximum atomic E-state index is 11.8.